The highest BCUT2D eigenvalue weighted by Crippen LogP contribution is 2.35. The number of aromatic nitrogens is 4. The number of ketones is 1. The van der Waals surface area contributed by atoms with Crippen LogP contribution in [0.3, 0.4) is 0 Å². The lowest BCUT2D eigenvalue weighted by atomic mass is 9.84. The molecule has 0 amide bonds. The van der Waals surface area contributed by atoms with Crippen molar-refractivity contribution in [2.75, 3.05) is 5.32 Å². The van der Waals surface area contributed by atoms with E-state index in [1.807, 2.05) is 49.6 Å². The van der Waals surface area contributed by atoms with E-state index in [0.29, 0.717) is 29.6 Å². The fourth-order valence-corrected chi connectivity index (χ4v) is 4.78. The summed E-state index contributed by atoms with van der Waals surface area (Å²) < 4.78 is 0. The number of thiophene rings is 1. The Bertz CT molecular complexity index is 1240. The molecule has 0 spiro atoms. The second kappa shape index (κ2) is 7.00. The van der Waals surface area contributed by atoms with E-state index in [1.165, 1.54) is 4.88 Å². The van der Waals surface area contributed by atoms with Gasteiger partial charge in [0.1, 0.15) is 0 Å². The average molecular weight is 401 g/mol. The summed E-state index contributed by atoms with van der Waals surface area (Å²) in [6.45, 7) is 3.82. The maximum absolute atomic E-state index is 12.8. The number of Topliss-reactive ketones (excluding diaryl/α,β-unsaturated/α-hetero) is 1. The van der Waals surface area contributed by atoms with Gasteiger partial charge in [0.2, 0.25) is 11.9 Å². The number of hydrogen-bond acceptors (Lipinski definition) is 7. The minimum Gasteiger partial charge on any atom is -0.294 e. The van der Waals surface area contributed by atoms with Gasteiger partial charge >= 0.3 is 0 Å². The monoisotopic (exact) mass is 401 g/mol. The standard InChI is InChI=1S/C22H19N5OS/c1-12-15-6-3-4-7-16(15)25-21(23-12)27-22-24-13(2)20-17(26-22)10-14(11-18(20)28)19-8-5-9-29-19/h3-9,14H,10-11H2,1-2H3,(H,23,24,25,26,27)/t14-/m0/s1. The lowest BCUT2D eigenvalue weighted by molar-refractivity contribution is 0.0962. The zero-order valence-corrected chi connectivity index (χ0v) is 17.0. The number of aryl methyl sites for hydroxylation is 2. The summed E-state index contributed by atoms with van der Waals surface area (Å²) in [6, 6.07) is 12.0. The summed E-state index contributed by atoms with van der Waals surface area (Å²) in [5, 5.41) is 6.21. The Morgan fingerprint density at radius 2 is 1.72 bits per heavy atom. The first-order chi connectivity index (χ1) is 14.1. The number of nitrogens with zero attached hydrogens (tertiary/aromatic N) is 4. The third-order valence-corrected chi connectivity index (χ3v) is 6.31. The minimum atomic E-state index is 0.117. The van der Waals surface area contributed by atoms with Gasteiger partial charge in [0.05, 0.1) is 28.2 Å². The number of carbonyl (C=O) groups excluding carboxylic acids is 1. The maximum atomic E-state index is 12.8. The van der Waals surface area contributed by atoms with Crippen molar-refractivity contribution in [3.05, 3.63) is 69.3 Å². The first-order valence-corrected chi connectivity index (χ1v) is 10.4. The Hall–Kier alpha value is -3.19. The van der Waals surface area contributed by atoms with Crippen LogP contribution < -0.4 is 5.32 Å². The van der Waals surface area contributed by atoms with Crippen LogP contribution in [0.2, 0.25) is 0 Å². The molecule has 1 N–H and O–H groups in total. The molecular weight excluding hydrogens is 382 g/mol. The van der Waals surface area contributed by atoms with Crippen LogP contribution in [0.15, 0.2) is 41.8 Å². The topological polar surface area (TPSA) is 80.7 Å². The summed E-state index contributed by atoms with van der Waals surface area (Å²) >= 11 is 1.69. The van der Waals surface area contributed by atoms with E-state index in [0.717, 1.165) is 28.7 Å². The number of nitrogens with one attached hydrogen (secondary N) is 1. The second-order valence-corrected chi connectivity index (χ2v) is 8.25. The minimum absolute atomic E-state index is 0.117. The van der Waals surface area contributed by atoms with E-state index in [4.69, 9.17) is 0 Å². The molecule has 0 unspecified atom stereocenters. The summed E-state index contributed by atoms with van der Waals surface area (Å²) in [6.07, 6.45) is 1.24. The van der Waals surface area contributed by atoms with Gasteiger partial charge in [-0.1, -0.05) is 24.3 Å². The van der Waals surface area contributed by atoms with Gasteiger partial charge < -0.3 is 0 Å². The molecule has 1 aliphatic carbocycles. The van der Waals surface area contributed by atoms with Gasteiger partial charge in [0.15, 0.2) is 5.78 Å². The number of carbonyl (C=O) groups is 1. The van der Waals surface area contributed by atoms with Crippen molar-refractivity contribution in [1.82, 2.24) is 19.9 Å². The van der Waals surface area contributed by atoms with E-state index in [9.17, 15) is 4.79 Å². The quantitative estimate of drug-likeness (QED) is 0.533. The molecular formula is C22H19N5OS. The predicted molar refractivity (Wildman–Crippen MR) is 114 cm³/mol. The number of fused-ring (bicyclic) bond motifs is 2. The molecule has 6 nitrogen and oxygen atoms in total. The molecule has 0 radical (unpaired) electrons. The average Bonchev–Trinajstić information content (AvgIpc) is 3.22. The number of rotatable bonds is 3. The van der Waals surface area contributed by atoms with E-state index in [-0.39, 0.29) is 11.7 Å². The first kappa shape index (κ1) is 17.9. The zero-order chi connectivity index (χ0) is 20.0. The largest absolute Gasteiger partial charge is 0.294 e. The third kappa shape index (κ3) is 3.27. The van der Waals surface area contributed by atoms with Gasteiger partial charge in [-0.05, 0) is 37.8 Å². The smallest absolute Gasteiger partial charge is 0.230 e. The van der Waals surface area contributed by atoms with E-state index < -0.39 is 0 Å². The van der Waals surface area contributed by atoms with E-state index >= 15 is 0 Å². The lowest BCUT2D eigenvalue weighted by Crippen LogP contribution is -2.22. The van der Waals surface area contributed by atoms with Crippen LogP contribution >= 0.6 is 11.3 Å². The highest BCUT2D eigenvalue weighted by atomic mass is 32.1. The van der Waals surface area contributed by atoms with Crippen molar-refractivity contribution in [3.63, 3.8) is 0 Å². The predicted octanol–water partition coefficient (Wildman–Crippen LogP) is 4.75. The molecule has 1 aromatic carbocycles. The molecule has 5 rings (SSSR count). The Kier molecular flexibility index (Phi) is 4.32. The highest BCUT2D eigenvalue weighted by molar-refractivity contribution is 7.10. The Labute approximate surface area is 172 Å². The number of para-hydroxylation sites is 1. The van der Waals surface area contributed by atoms with Crippen molar-refractivity contribution < 1.29 is 4.79 Å². The van der Waals surface area contributed by atoms with Crippen LogP contribution in [0.5, 0.6) is 0 Å². The first-order valence-electron chi connectivity index (χ1n) is 9.53. The normalized spacial score (nSPS) is 16.1. The maximum Gasteiger partial charge on any atom is 0.230 e. The fourth-order valence-electron chi connectivity index (χ4n) is 3.95. The fraction of sp³-hybridized carbons (Fsp3) is 0.227. The summed E-state index contributed by atoms with van der Waals surface area (Å²) in [7, 11) is 0. The SMILES string of the molecule is Cc1nc(Nc2nc(C)c3ccccc3n2)nc2c1C(=O)C[C@@H](c1cccs1)C2. The van der Waals surface area contributed by atoms with Crippen molar-refractivity contribution in [2.45, 2.75) is 32.6 Å². The van der Waals surface area contributed by atoms with Gasteiger partial charge in [-0.2, -0.15) is 0 Å². The lowest BCUT2D eigenvalue weighted by Gasteiger charge is -2.23. The molecule has 1 atom stereocenters. The van der Waals surface area contributed by atoms with Crippen LogP contribution in [0.4, 0.5) is 11.9 Å². The number of hydrogen-bond donors (Lipinski definition) is 1. The molecule has 4 aromatic rings. The third-order valence-electron chi connectivity index (χ3n) is 5.28. The number of anilines is 2. The number of benzene rings is 1. The molecule has 0 aliphatic heterocycles. The van der Waals surface area contributed by atoms with Crippen molar-refractivity contribution in [1.29, 1.82) is 0 Å². The molecule has 0 saturated carbocycles. The van der Waals surface area contributed by atoms with E-state index in [1.54, 1.807) is 11.3 Å². The Balaban J connectivity index is 1.50. The molecule has 0 bridgehead atoms. The van der Waals surface area contributed by atoms with Gasteiger partial charge in [0.25, 0.3) is 0 Å². The van der Waals surface area contributed by atoms with Crippen LogP contribution in [0.25, 0.3) is 10.9 Å². The van der Waals surface area contributed by atoms with Gasteiger partial charge in [-0.15, -0.1) is 11.3 Å². The van der Waals surface area contributed by atoms with Gasteiger partial charge in [0, 0.05) is 22.6 Å². The van der Waals surface area contributed by atoms with Crippen LogP contribution in [-0.4, -0.2) is 25.7 Å². The molecule has 0 fully saturated rings. The van der Waals surface area contributed by atoms with Crippen LogP contribution in [0, 0.1) is 13.8 Å². The molecule has 3 aromatic heterocycles. The van der Waals surface area contributed by atoms with Crippen LogP contribution in [0.1, 0.15) is 44.7 Å². The Morgan fingerprint density at radius 3 is 2.55 bits per heavy atom. The second-order valence-electron chi connectivity index (χ2n) is 7.27. The highest BCUT2D eigenvalue weighted by Gasteiger charge is 2.30. The Morgan fingerprint density at radius 1 is 0.931 bits per heavy atom. The zero-order valence-electron chi connectivity index (χ0n) is 16.1. The summed E-state index contributed by atoms with van der Waals surface area (Å²) in [5.74, 6) is 1.18. The summed E-state index contributed by atoms with van der Waals surface area (Å²) in [4.78, 5) is 32.3. The molecule has 0 saturated heterocycles. The molecule has 3 heterocycles. The van der Waals surface area contributed by atoms with Crippen molar-refractivity contribution in [3.8, 4) is 0 Å². The molecule has 7 heteroatoms. The molecule has 29 heavy (non-hydrogen) atoms. The van der Waals surface area contributed by atoms with E-state index in [2.05, 4.69) is 31.3 Å². The van der Waals surface area contributed by atoms with Crippen LogP contribution in [-0.2, 0) is 6.42 Å². The van der Waals surface area contributed by atoms with Crippen molar-refractivity contribution >= 4 is 39.9 Å². The summed E-state index contributed by atoms with van der Waals surface area (Å²) in [5.41, 5.74) is 3.92. The molecule has 144 valence electrons. The van der Waals surface area contributed by atoms with Gasteiger partial charge in [-0.25, -0.2) is 19.9 Å². The van der Waals surface area contributed by atoms with Crippen molar-refractivity contribution in [2.24, 2.45) is 0 Å². The van der Waals surface area contributed by atoms with Gasteiger partial charge in [-0.3, -0.25) is 10.1 Å². The molecule has 1 aliphatic rings.